The maximum absolute atomic E-state index is 13.9. The van der Waals surface area contributed by atoms with E-state index in [1.54, 1.807) is 27.9 Å². The van der Waals surface area contributed by atoms with Gasteiger partial charge in [-0.1, -0.05) is 12.1 Å². The Labute approximate surface area is 152 Å². The highest BCUT2D eigenvalue weighted by Gasteiger charge is 2.30. The Bertz CT molecular complexity index is 1100. The Kier molecular flexibility index (Phi) is 3.46. The molecule has 0 unspecified atom stereocenters. The van der Waals surface area contributed by atoms with Gasteiger partial charge in [-0.2, -0.15) is 0 Å². The lowest BCUT2D eigenvalue weighted by molar-refractivity contribution is 0.0732. The lowest BCUT2D eigenvalue weighted by Gasteiger charge is -2.27. The summed E-state index contributed by atoms with van der Waals surface area (Å²) in [4.78, 5) is 33.3. The van der Waals surface area contributed by atoms with E-state index >= 15 is 0 Å². The van der Waals surface area contributed by atoms with Crippen LogP contribution in [0.2, 0.25) is 0 Å². The fourth-order valence-electron chi connectivity index (χ4n) is 3.59. The van der Waals surface area contributed by atoms with Crippen molar-refractivity contribution in [2.45, 2.75) is 31.8 Å². The lowest BCUT2D eigenvalue weighted by Crippen LogP contribution is -2.36. The van der Waals surface area contributed by atoms with Gasteiger partial charge >= 0.3 is 0 Å². The van der Waals surface area contributed by atoms with Crippen LogP contribution in [0.15, 0.2) is 35.4 Å². The SMILES string of the molecule is O=C(c1ccccc1F)N1CCc2c(sc3ncn(C4CC4)c(=O)c23)C1. The van der Waals surface area contributed by atoms with Crippen LogP contribution in [0.1, 0.15) is 39.7 Å². The first-order valence-electron chi connectivity index (χ1n) is 8.68. The number of halogens is 1. The molecule has 5 nitrogen and oxygen atoms in total. The molecule has 3 aromatic rings. The molecule has 1 aromatic carbocycles. The molecule has 5 rings (SSSR count). The predicted octanol–water partition coefficient (Wildman–Crippen LogP) is 3.13. The van der Waals surface area contributed by atoms with E-state index in [2.05, 4.69) is 4.98 Å². The van der Waals surface area contributed by atoms with Crippen LogP contribution in [-0.4, -0.2) is 26.9 Å². The normalized spacial score (nSPS) is 16.7. The van der Waals surface area contributed by atoms with Crippen LogP contribution in [-0.2, 0) is 13.0 Å². The minimum atomic E-state index is -0.506. The predicted molar refractivity (Wildman–Crippen MR) is 97.0 cm³/mol. The average Bonchev–Trinajstić information content (AvgIpc) is 3.41. The summed E-state index contributed by atoms with van der Waals surface area (Å²) in [5, 5.41) is 0.706. The van der Waals surface area contributed by atoms with Gasteiger partial charge in [0.15, 0.2) is 0 Å². The number of rotatable bonds is 2. The molecule has 26 heavy (non-hydrogen) atoms. The van der Waals surface area contributed by atoms with Gasteiger partial charge in [0.25, 0.3) is 11.5 Å². The molecule has 132 valence electrons. The number of carbonyl (C=O) groups excluding carboxylic acids is 1. The van der Waals surface area contributed by atoms with Crippen LogP contribution in [0.3, 0.4) is 0 Å². The number of carbonyl (C=O) groups is 1. The van der Waals surface area contributed by atoms with Gasteiger partial charge in [0.2, 0.25) is 0 Å². The highest BCUT2D eigenvalue weighted by atomic mass is 32.1. The summed E-state index contributed by atoms with van der Waals surface area (Å²) in [7, 11) is 0. The van der Waals surface area contributed by atoms with Crippen molar-refractivity contribution >= 4 is 27.5 Å². The molecule has 1 saturated carbocycles. The monoisotopic (exact) mass is 369 g/mol. The van der Waals surface area contributed by atoms with Crippen molar-refractivity contribution in [3.8, 4) is 0 Å². The second-order valence-corrected chi connectivity index (χ2v) is 7.91. The zero-order chi connectivity index (χ0) is 17.8. The number of fused-ring (bicyclic) bond motifs is 3. The summed E-state index contributed by atoms with van der Waals surface area (Å²) < 4.78 is 15.7. The number of hydrogen-bond donors (Lipinski definition) is 0. The highest BCUT2D eigenvalue weighted by Crippen LogP contribution is 2.36. The summed E-state index contributed by atoms with van der Waals surface area (Å²) in [6, 6.07) is 6.33. The Morgan fingerprint density at radius 1 is 1.27 bits per heavy atom. The maximum atomic E-state index is 13.9. The minimum Gasteiger partial charge on any atom is -0.333 e. The molecule has 0 bridgehead atoms. The maximum Gasteiger partial charge on any atom is 0.262 e. The molecule has 0 N–H and O–H groups in total. The van der Waals surface area contributed by atoms with Crippen LogP contribution in [0, 0.1) is 5.82 Å². The molecule has 0 radical (unpaired) electrons. The Hall–Kier alpha value is -2.54. The number of benzene rings is 1. The van der Waals surface area contributed by atoms with Gasteiger partial charge in [0, 0.05) is 17.5 Å². The third-order valence-electron chi connectivity index (χ3n) is 5.12. The summed E-state index contributed by atoms with van der Waals surface area (Å²) in [5.41, 5.74) is 1.13. The number of hydrogen-bond acceptors (Lipinski definition) is 4. The van der Waals surface area contributed by atoms with Gasteiger partial charge in [-0.25, -0.2) is 9.37 Å². The van der Waals surface area contributed by atoms with Gasteiger partial charge in [0.1, 0.15) is 10.6 Å². The first kappa shape index (κ1) is 15.7. The standard InChI is InChI=1S/C19H16FN3O2S/c20-14-4-2-1-3-12(14)18(24)22-8-7-13-15(9-22)26-17-16(13)19(25)23(10-21-17)11-5-6-11/h1-4,10-11H,5-9H2. The quantitative estimate of drug-likeness (QED) is 0.697. The van der Waals surface area contributed by atoms with Crippen molar-refractivity contribution < 1.29 is 9.18 Å². The van der Waals surface area contributed by atoms with Crippen molar-refractivity contribution in [2.75, 3.05) is 6.54 Å². The van der Waals surface area contributed by atoms with E-state index in [1.165, 1.54) is 23.5 Å². The molecule has 1 fully saturated rings. The number of thiophene rings is 1. The molecule has 1 amide bonds. The van der Waals surface area contributed by atoms with E-state index < -0.39 is 5.82 Å². The molecule has 1 aliphatic heterocycles. The Morgan fingerprint density at radius 2 is 2.08 bits per heavy atom. The molecule has 3 heterocycles. The zero-order valence-corrected chi connectivity index (χ0v) is 14.8. The number of nitrogens with zero attached hydrogens (tertiary/aromatic N) is 3. The minimum absolute atomic E-state index is 0.0314. The molecular formula is C19H16FN3O2S. The third-order valence-corrected chi connectivity index (χ3v) is 6.24. The van der Waals surface area contributed by atoms with Crippen molar-refractivity contribution in [2.24, 2.45) is 0 Å². The van der Waals surface area contributed by atoms with E-state index in [4.69, 9.17) is 0 Å². The fourth-order valence-corrected chi connectivity index (χ4v) is 4.78. The third kappa shape index (κ3) is 2.38. The van der Waals surface area contributed by atoms with E-state index in [0.29, 0.717) is 24.9 Å². The molecule has 0 saturated heterocycles. The first-order chi connectivity index (χ1) is 12.6. The van der Waals surface area contributed by atoms with Crippen LogP contribution in [0.5, 0.6) is 0 Å². The second kappa shape index (κ2) is 5.74. The summed E-state index contributed by atoms with van der Waals surface area (Å²) in [6.45, 7) is 0.871. The van der Waals surface area contributed by atoms with Gasteiger partial charge in [0.05, 0.1) is 23.8 Å². The molecule has 2 aromatic heterocycles. The first-order valence-corrected chi connectivity index (χ1v) is 9.50. The van der Waals surface area contributed by atoms with Gasteiger partial charge in [-0.15, -0.1) is 11.3 Å². The van der Waals surface area contributed by atoms with E-state index in [1.807, 2.05) is 0 Å². The van der Waals surface area contributed by atoms with Crippen LogP contribution in [0.4, 0.5) is 4.39 Å². The molecule has 2 aliphatic rings. The van der Waals surface area contributed by atoms with Crippen LogP contribution in [0.25, 0.3) is 10.2 Å². The summed E-state index contributed by atoms with van der Waals surface area (Å²) in [5.74, 6) is -0.816. The van der Waals surface area contributed by atoms with E-state index in [9.17, 15) is 14.0 Å². The fraction of sp³-hybridized carbons (Fsp3) is 0.316. The van der Waals surface area contributed by atoms with Gasteiger partial charge in [-0.3, -0.25) is 14.2 Å². The van der Waals surface area contributed by atoms with Crippen molar-refractivity contribution in [1.29, 1.82) is 0 Å². The molecule has 1 aliphatic carbocycles. The van der Waals surface area contributed by atoms with Crippen molar-refractivity contribution in [1.82, 2.24) is 14.5 Å². The smallest absolute Gasteiger partial charge is 0.262 e. The average molecular weight is 369 g/mol. The van der Waals surface area contributed by atoms with E-state index in [0.717, 1.165) is 28.1 Å². The van der Waals surface area contributed by atoms with Crippen molar-refractivity contribution in [3.63, 3.8) is 0 Å². The molecule has 0 atom stereocenters. The Morgan fingerprint density at radius 3 is 2.85 bits per heavy atom. The van der Waals surface area contributed by atoms with E-state index in [-0.39, 0.29) is 23.1 Å². The summed E-state index contributed by atoms with van der Waals surface area (Å²) in [6.07, 6.45) is 4.31. The lowest BCUT2D eigenvalue weighted by atomic mass is 10.0. The number of aromatic nitrogens is 2. The topological polar surface area (TPSA) is 55.2 Å². The summed E-state index contributed by atoms with van der Waals surface area (Å²) >= 11 is 1.46. The zero-order valence-electron chi connectivity index (χ0n) is 13.9. The van der Waals surface area contributed by atoms with Gasteiger partial charge < -0.3 is 4.90 Å². The Balaban J connectivity index is 1.52. The molecule has 7 heteroatoms. The number of amides is 1. The molecule has 0 spiro atoms. The highest BCUT2D eigenvalue weighted by molar-refractivity contribution is 7.18. The molecular weight excluding hydrogens is 353 g/mol. The van der Waals surface area contributed by atoms with Crippen LogP contribution < -0.4 is 5.56 Å². The van der Waals surface area contributed by atoms with Gasteiger partial charge in [-0.05, 0) is 37.0 Å². The second-order valence-electron chi connectivity index (χ2n) is 6.83. The largest absolute Gasteiger partial charge is 0.333 e. The van der Waals surface area contributed by atoms with Crippen LogP contribution >= 0.6 is 11.3 Å². The van der Waals surface area contributed by atoms with Crippen molar-refractivity contribution in [3.05, 3.63) is 62.8 Å².